The third kappa shape index (κ3) is 5.76. The molecule has 4 rings (SSSR count). The zero-order chi connectivity index (χ0) is 24.0. The molecule has 1 amide bonds. The fourth-order valence-electron chi connectivity index (χ4n) is 3.25. The molecule has 0 aromatic heterocycles. The van der Waals surface area contributed by atoms with Crippen LogP contribution in [0.15, 0.2) is 71.6 Å². The molecule has 0 radical (unpaired) electrons. The third-order valence-electron chi connectivity index (χ3n) is 4.90. The van der Waals surface area contributed by atoms with Crippen LogP contribution in [0.5, 0.6) is 17.2 Å². The van der Waals surface area contributed by atoms with Crippen LogP contribution in [0.25, 0.3) is 0 Å². The Labute approximate surface area is 196 Å². The minimum Gasteiger partial charge on any atom is -0.490 e. The highest BCUT2D eigenvalue weighted by molar-refractivity contribution is 7.92. The van der Waals surface area contributed by atoms with E-state index in [1.165, 1.54) is 30.3 Å². The molecule has 1 aliphatic rings. The molecule has 0 spiro atoms. The second-order valence-corrected chi connectivity index (χ2v) is 9.06. The number of sulfonamides is 1. The van der Waals surface area contributed by atoms with Gasteiger partial charge in [-0.1, -0.05) is 18.2 Å². The van der Waals surface area contributed by atoms with Gasteiger partial charge in [0.25, 0.3) is 15.9 Å². The number of fused-ring (bicyclic) bond motifs is 1. The standard InChI is InChI=1S/C24H23FN2O6S/c25-20-7-1-2-8-21(20)31-12-4-11-26-24(28)17-5-3-6-18(15-17)27-34(29,30)19-9-10-22-23(16-19)33-14-13-32-22/h1-3,5-10,15-16,27H,4,11-14H2,(H,26,28). The van der Waals surface area contributed by atoms with Gasteiger partial charge in [0.1, 0.15) is 13.2 Å². The van der Waals surface area contributed by atoms with Crippen molar-refractivity contribution in [2.75, 3.05) is 31.1 Å². The smallest absolute Gasteiger partial charge is 0.262 e. The van der Waals surface area contributed by atoms with Crippen LogP contribution in [-0.2, 0) is 10.0 Å². The lowest BCUT2D eigenvalue weighted by molar-refractivity contribution is 0.0951. The molecule has 1 heterocycles. The summed E-state index contributed by atoms with van der Waals surface area (Å²) in [6, 6.07) is 16.6. The summed E-state index contributed by atoms with van der Waals surface area (Å²) in [5.41, 5.74) is 0.530. The predicted molar refractivity (Wildman–Crippen MR) is 124 cm³/mol. The van der Waals surface area contributed by atoms with Crippen LogP contribution >= 0.6 is 0 Å². The van der Waals surface area contributed by atoms with Gasteiger partial charge in [-0.15, -0.1) is 0 Å². The SMILES string of the molecule is O=C(NCCCOc1ccccc1F)c1cccc(NS(=O)(=O)c2ccc3c(c2)OCCO3)c1. The van der Waals surface area contributed by atoms with Crippen LogP contribution in [0.1, 0.15) is 16.8 Å². The van der Waals surface area contributed by atoms with Gasteiger partial charge in [-0.2, -0.15) is 0 Å². The monoisotopic (exact) mass is 486 g/mol. The Morgan fingerprint density at radius 3 is 2.59 bits per heavy atom. The number of amides is 1. The molecule has 3 aromatic rings. The van der Waals surface area contributed by atoms with Crippen molar-refractivity contribution in [3.8, 4) is 17.2 Å². The van der Waals surface area contributed by atoms with E-state index in [9.17, 15) is 17.6 Å². The van der Waals surface area contributed by atoms with Gasteiger partial charge >= 0.3 is 0 Å². The predicted octanol–water partition coefficient (Wildman–Crippen LogP) is 3.60. The maximum absolute atomic E-state index is 13.5. The Balaban J connectivity index is 1.32. The highest BCUT2D eigenvalue weighted by Crippen LogP contribution is 2.32. The van der Waals surface area contributed by atoms with Crippen LogP contribution in [-0.4, -0.2) is 40.7 Å². The minimum absolute atomic E-state index is 0.0152. The summed E-state index contributed by atoms with van der Waals surface area (Å²) < 4.78 is 57.8. The first-order chi connectivity index (χ1) is 16.4. The number of halogens is 1. The van der Waals surface area contributed by atoms with E-state index in [0.29, 0.717) is 37.7 Å². The average Bonchev–Trinajstić information content (AvgIpc) is 2.84. The largest absolute Gasteiger partial charge is 0.490 e. The van der Waals surface area contributed by atoms with E-state index in [1.807, 2.05) is 0 Å². The van der Waals surface area contributed by atoms with Crippen molar-refractivity contribution in [2.45, 2.75) is 11.3 Å². The molecule has 0 saturated carbocycles. The zero-order valence-corrected chi connectivity index (χ0v) is 18.9. The maximum atomic E-state index is 13.5. The van der Waals surface area contributed by atoms with Gasteiger partial charge < -0.3 is 19.5 Å². The summed E-state index contributed by atoms with van der Waals surface area (Å²) in [4.78, 5) is 12.5. The van der Waals surface area contributed by atoms with Gasteiger partial charge in [0.15, 0.2) is 23.1 Å². The first-order valence-electron chi connectivity index (χ1n) is 10.6. The van der Waals surface area contributed by atoms with E-state index in [-0.39, 0.29) is 34.4 Å². The van der Waals surface area contributed by atoms with Gasteiger partial charge in [0.05, 0.1) is 11.5 Å². The van der Waals surface area contributed by atoms with Crippen molar-refractivity contribution in [1.82, 2.24) is 5.32 Å². The van der Waals surface area contributed by atoms with Gasteiger partial charge in [0, 0.05) is 23.9 Å². The molecule has 3 aromatic carbocycles. The average molecular weight is 487 g/mol. The van der Waals surface area contributed by atoms with Gasteiger partial charge in [-0.05, 0) is 48.9 Å². The Bertz CT molecular complexity index is 1280. The Hall–Kier alpha value is -3.79. The number of para-hydroxylation sites is 1. The van der Waals surface area contributed by atoms with Crippen molar-refractivity contribution in [3.05, 3.63) is 78.1 Å². The number of nitrogens with one attached hydrogen (secondary N) is 2. The minimum atomic E-state index is -3.91. The van der Waals surface area contributed by atoms with Crippen molar-refractivity contribution in [2.24, 2.45) is 0 Å². The number of rotatable bonds is 9. The lowest BCUT2D eigenvalue weighted by atomic mass is 10.2. The molecule has 178 valence electrons. The quantitative estimate of drug-likeness (QED) is 0.448. The fourth-order valence-corrected chi connectivity index (χ4v) is 4.31. The number of anilines is 1. The Morgan fingerprint density at radius 1 is 0.971 bits per heavy atom. The Morgan fingerprint density at radius 2 is 1.76 bits per heavy atom. The number of hydrogen-bond donors (Lipinski definition) is 2. The first kappa shape index (κ1) is 23.4. The van der Waals surface area contributed by atoms with Gasteiger partial charge in [-0.3, -0.25) is 9.52 Å². The molecule has 0 atom stereocenters. The highest BCUT2D eigenvalue weighted by Gasteiger charge is 2.20. The van der Waals surface area contributed by atoms with Crippen molar-refractivity contribution >= 4 is 21.6 Å². The molecule has 10 heteroatoms. The molecule has 1 aliphatic heterocycles. The molecule has 34 heavy (non-hydrogen) atoms. The van der Waals surface area contributed by atoms with Crippen LogP contribution in [0, 0.1) is 5.82 Å². The second kappa shape index (κ2) is 10.4. The summed E-state index contributed by atoms with van der Waals surface area (Å²) in [5, 5.41) is 2.74. The zero-order valence-electron chi connectivity index (χ0n) is 18.1. The highest BCUT2D eigenvalue weighted by atomic mass is 32.2. The number of ether oxygens (including phenoxy) is 3. The number of carbonyl (C=O) groups is 1. The van der Waals surface area contributed by atoms with Gasteiger partial charge in [-0.25, -0.2) is 12.8 Å². The summed E-state index contributed by atoms with van der Waals surface area (Å²) in [6.07, 6.45) is 0.469. The summed E-state index contributed by atoms with van der Waals surface area (Å²) >= 11 is 0. The van der Waals surface area contributed by atoms with E-state index < -0.39 is 15.8 Å². The maximum Gasteiger partial charge on any atom is 0.262 e. The summed E-state index contributed by atoms with van der Waals surface area (Å²) in [5.74, 6) is 0.199. The normalized spacial score (nSPS) is 12.6. The van der Waals surface area contributed by atoms with E-state index in [4.69, 9.17) is 14.2 Å². The lowest BCUT2D eigenvalue weighted by Crippen LogP contribution is -2.25. The van der Waals surface area contributed by atoms with E-state index in [2.05, 4.69) is 10.0 Å². The summed E-state index contributed by atoms with van der Waals surface area (Å²) in [6.45, 7) is 1.29. The molecular formula is C24H23FN2O6S. The molecule has 0 unspecified atom stereocenters. The third-order valence-corrected chi connectivity index (χ3v) is 6.28. The lowest BCUT2D eigenvalue weighted by Gasteiger charge is -2.19. The topological polar surface area (TPSA) is 103 Å². The second-order valence-electron chi connectivity index (χ2n) is 7.38. The summed E-state index contributed by atoms with van der Waals surface area (Å²) in [7, 11) is -3.91. The van der Waals surface area contributed by atoms with Crippen LogP contribution < -0.4 is 24.2 Å². The number of benzene rings is 3. The van der Waals surface area contributed by atoms with E-state index in [0.717, 1.165) is 0 Å². The van der Waals surface area contributed by atoms with Crippen LogP contribution in [0.4, 0.5) is 10.1 Å². The van der Waals surface area contributed by atoms with Crippen molar-refractivity contribution in [1.29, 1.82) is 0 Å². The van der Waals surface area contributed by atoms with Crippen molar-refractivity contribution < 1.29 is 31.8 Å². The van der Waals surface area contributed by atoms with E-state index >= 15 is 0 Å². The molecule has 2 N–H and O–H groups in total. The molecule has 0 aliphatic carbocycles. The van der Waals surface area contributed by atoms with Crippen molar-refractivity contribution in [3.63, 3.8) is 0 Å². The molecule has 8 nitrogen and oxygen atoms in total. The molecule has 0 saturated heterocycles. The molecular weight excluding hydrogens is 463 g/mol. The Kier molecular flexibility index (Phi) is 7.17. The van der Waals surface area contributed by atoms with Crippen LogP contribution in [0.3, 0.4) is 0 Å². The molecule has 0 fully saturated rings. The van der Waals surface area contributed by atoms with Crippen LogP contribution in [0.2, 0.25) is 0 Å². The molecule has 0 bridgehead atoms. The first-order valence-corrected chi connectivity index (χ1v) is 12.1. The van der Waals surface area contributed by atoms with E-state index in [1.54, 1.807) is 36.4 Å². The fraction of sp³-hybridized carbons (Fsp3) is 0.208. The number of hydrogen-bond acceptors (Lipinski definition) is 6. The van der Waals surface area contributed by atoms with Gasteiger partial charge in [0.2, 0.25) is 0 Å². The number of carbonyl (C=O) groups excluding carboxylic acids is 1.